The SMILES string of the molecule is CCOCCOC(=O)c1cc(S(N)(=O)=O)cn1C1CCC1. The van der Waals surface area contributed by atoms with Gasteiger partial charge in [-0.15, -0.1) is 0 Å². The predicted octanol–water partition coefficient (Wildman–Crippen LogP) is 1.05. The van der Waals surface area contributed by atoms with E-state index in [1.165, 1.54) is 12.3 Å². The fraction of sp³-hybridized carbons (Fsp3) is 0.615. The Morgan fingerprint density at radius 1 is 1.43 bits per heavy atom. The molecule has 1 aliphatic rings. The molecule has 0 bridgehead atoms. The lowest BCUT2D eigenvalue weighted by molar-refractivity contribution is 0.0320. The first-order valence-electron chi connectivity index (χ1n) is 6.93. The van der Waals surface area contributed by atoms with Crippen molar-refractivity contribution in [1.82, 2.24) is 4.57 Å². The van der Waals surface area contributed by atoms with Crippen LogP contribution in [0.5, 0.6) is 0 Å². The number of esters is 1. The van der Waals surface area contributed by atoms with Gasteiger partial charge in [-0.05, 0) is 32.3 Å². The summed E-state index contributed by atoms with van der Waals surface area (Å²) in [5, 5.41) is 5.13. The number of sulfonamides is 1. The van der Waals surface area contributed by atoms with Crippen molar-refractivity contribution in [3.8, 4) is 0 Å². The quantitative estimate of drug-likeness (QED) is 0.598. The number of carbonyl (C=O) groups is 1. The molecule has 0 aliphatic heterocycles. The van der Waals surface area contributed by atoms with Crippen LogP contribution in [0.2, 0.25) is 0 Å². The molecule has 7 nitrogen and oxygen atoms in total. The predicted molar refractivity (Wildman–Crippen MR) is 75.5 cm³/mol. The van der Waals surface area contributed by atoms with Crippen LogP contribution in [-0.2, 0) is 19.5 Å². The molecule has 2 rings (SSSR count). The smallest absolute Gasteiger partial charge is 0.355 e. The second kappa shape index (κ2) is 6.59. The highest BCUT2D eigenvalue weighted by molar-refractivity contribution is 7.89. The first-order valence-corrected chi connectivity index (χ1v) is 8.47. The highest BCUT2D eigenvalue weighted by atomic mass is 32.2. The van der Waals surface area contributed by atoms with Crippen LogP contribution in [0.3, 0.4) is 0 Å². The summed E-state index contributed by atoms with van der Waals surface area (Å²) in [7, 11) is -3.84. The molecule has 1 saturated carbocycles. The summed E-state index contributed by atoms with van der Waals surface area (Å²) in [5.41, 5.74) is 0.222. The molecule has 0 radical (unpaired) electrons. The van der Waals surface area contributed by atoms with Crippen molar-refractivity contribution in [3.05, 3.63) is 18.0 Å². The summed E-state index contributed by atoms with van der Waals surface area (Å²) in [6.07, 6.45) is 4.31. The second-order valence-electron chi connectivity index (χ2n) is 4.93. The molecule has 1 aromatic rings. The van der Waals surface area contributed by atoms with Gasteiger partial charge in [0.15, 0.2) is 0 Å². The van der Waals surface area contributed by atoms with E-state index in [-0.39, 0.29) is 23.2 Å². The summed E-state index contributed by atoms with van der Waals surface area (Å²) in [6.45, 7) is 2.84. The van der Waals surface area contributed by atoms with E-state index in [0.29, 0.717) is 13.2 Å². The van der Waals surface area contributed by atoms with Crippen molar-refractivity contribution in [2.24, 2.45) is 5.14 Å². The third-order valence-corrected chi connectivity index (χ3v) is 4.37. The molecule has 1 heterocycles. The highest BCUT2D eigenvalue weighted by Crippen LogP contribution is 2.34. The molecule has 118 valence electrons. The van der Waals surface area contributed by atoms with Crippen LogP contribution in [0, 0.1) is 0 Å². The third kappa shape index (κ3) is 3.84. The van der Waals surface area contributed by atoms with Crippen molar-refractivity contribution in [2.75, 3.05) is 19.8 Å². The summed E-state index contributed by atoms with van der Waals surface area (Å²) >= 11 is 0. The molecule has 0 atom stereocenters. The van der Waals surface area contributed by atoms with Gasteiger partial charge < -0.3 is 14.0 Å². The summed E-state index contributed by atoms with van der Waals surface area (Å²) in [4.78, 5) is 12.0. The van der Waals surface area contributed by atoms with E-state index in [1.807, 2.05) is 6.92 Å². The molecule has 1 aliphatic carbocycles. The van der Waals surface area contributed by atoms with Crippen molar-refractivity contribution >= 4 is 16.0 Å². The fourth-order valence-corrected chi connectivity index (χ4v) is 2.69. The normalized spacial score (nSPS) is 15.7. The van der Waals surface area contributed by atoms with E-state index in [4.69, 9.17) is 14.6 Å². The van der Waals surface area contributed by atoms with E-state index in [1.54, 1.807) is 4.57 Å². The zero-order valence-electron chi connectivity index (χ0n) is 11.9. The van der Waals surface area contributed by atoms with E-state index in [9.17, 15) is 13.2 Å². The topological polar surface area (TPSA) is 101 Å². The van der Waals surface area contributed by atoms with Crippen LogP contribution in [0.15, 0.2) is 17.2 Å². The average molecular weight is 316 g/mol. The molecule has 1 aromatic heterocycles. The lowest BCUT2D eigenvalue weighted by atomic mass is 9.93. The van der Waals surface area contributed by atoms with Crippen LogP contribution in [0.1, 0.15) is 42.7 Å². The van der Waals surface area contributed by atoms with Gasteiger partial charge in [0.05, 0.1) is 6.61 Å². The van der Waals surface area contributed by atoms with Crippen LogP contribution < -0.4 is 5.14 Å². The number of ether oxygens (including phenoxy) is 2. The Hall–Kier alpha value is -1.38. The molecule has 21 heavy (non-hydrogen) atoms. The van der Waals surface area contributed by atoms with E-state index in [2.05, 4.69) is 0 Å². The zero-order valence-corrected chi connectivity index (χ0v) is 12.8. The lowest BCUT2D eigenvalue weighted by Crippen LogP contribution is -2.22. The summed E-state index contributed by atoms with van der Waals surface area (Å²) in [5.74, 6) is -0.559. The Bertz CT molecular complexity index is 604. The van der Waals surface area contributed by atoms with Gasteiger partial charge in [-0.2, -0.15) is 0 Å². The third-order valence-electron chi connectivity index (χ3n) is 3.49. The Kier molecular flexibility index (Phi) is 5.02. The number of rotatable bonds is 7. The number of carbonyl (C=O) groups excluding carboxylic acids is 1. The first kappa shape index (κ1) is 16.0. The highest BCUT2D eigenvalue weighted by Gasteiger charge is 2.27. The number of hydrogen-bond donors (Lipinski definition) is 1. The molecule has 8 heteroatoms. The van der Waals surface area contributed by atoms with E-state index in [0.717, 1.165) is 19.3 Å². The average Bonchev–Trinajstić information content (AvgIpc) is 2.77. The molecule has 2 N–H and O–H groups in total. The van der Waals surface area contributed by atoms with Gasteiger partial charge in [0, 0.05) is 18.8 Å². The Morgan fingerprint density at radius 3 is 2.67 bits per heavy atom. The van der Waals surface area contributed by atoms with Gasteiger partial charge in [-0.25, -0.2) is 18.4 Å². The maximum atomic E-state index is 12.1. The Balaban J connectivity index is 2.16. The van der Waals surface area contributed by atoms with Gasteiger partial charge in [0.2, 0.25) is 10.0 Å². The molecule has 0 aromatic carbocycles. The van der Waals surface area contributed by atoms with Crippen molar-refractivity contribution in [1.29, 1.82) is 0 Å². The number of nitrogens with zero attached hydrogens (tertiary/aromatic N) is 1. The summed E-state index contributed by atoms with van der Waals surface area (Å²) < 4.78 is 34.7. The van der Waals surface area contributed by atoms with E-state index < -0.39 is 16.0 Å². The molecular formula is C13H20N2O5S. The number of nitrogens with two attached hydrogens (primary N) is 1. The summed E-state index contributed by atoms with van der Waals surface area (Å²) in [6, 6.07) is 1.41. The first-order chi connectivity index (χ1) is 9.93. The molecule has 0 unspecified atom stereocenters. The van der Waals surface area contributed by atoms with Crippen molar-refractivity contribution in [2.45, 2.75) is 37.1 Å². The van der Waals surface area contributed by atoms with Crippen molar-refractivity contribution in [3.63, 3.8) is 0 Å². The molecular weight excluding hydrogens is 296 g/mol. The van der Waals surface area contributed by atoms with Gasteiger partial charge >= 0.3 is 5.97 Å². The zero-order chi connectivity index (χ0) is 15.5. The van der Waals surface area contributed by atoms with Crippen molar-refractivity contribution < 1.29 is 22.7 Å². The molecule has 0 amide bonds. The number of primary sulfonamides is 1. The van der Waals surface area contributed by atoms with Gasteiger partial charge in [-0.3, -0.25) is 0 Å². The second-order valence-corrected chi connectivity index (χ2v) is 6.49. The van der Waals surface area contributed by atoms with Gasteiger partial charge in [0.1, 0.15) is 17.2 Å². The number of hydrogen-bond acceptors (Lipinski definition) is 5. The molecule has 0 spiro atoms. The minimum Gasteiger partial charge on any atom is -0.459 e. The fourth-order valence-electron chi connectivity index (χ4n) is 2.15. The lowest BCUT2D eigenvalue weighted by Gasteiger charge is -2.28. The van der Waals surface area contributed by atoms with Crippen LogP contribution in [0.4, 0.5) is 0 Å². The minimum absolute atomic E-state index is 0.0637. The largest absolute Gasteiger partial charge is 0.459 e. The van der Waals surface area contributed by atoms with Crippen LogP contribution >= 0.6 is 0 Å². The number of aromatic nitrogens is 1. The van der Waals surface area contributed by atoms with Gasteiger partial charge in [0.25, 0.3) is 0 Å². The monoisotopic (exact) mass is 316 g/mol. The molecule has 0 saturated heterocycles. The van der Waals surface area contributed by atoms with Crippen LogP contribution in [0.25, 0.3) is 0 Å². The Labute approximate surface area is 124 Å². The maximum absolute atomic E-state index is 12.1. The van der Waals surface area contributed by atoms with Gasteiger partial charge in [-0.1, -0.05) is 0 Å². The maximum Gasteiger partial charge on any atom is 0.355 e. The van der Waals surface area contributed by atoms with Crippen LogP contribution in [-0.4, -0.2) is 38.8 Å². The Morgan fingerprint density at radius 2 is 2.14 bits per heavy atom. The molecule has 1 fully saturated rings. The minimum atomic E-state index is -3.84. The standard InChI is InChI=1S/C13H20N2O5S/c1-2-19-6-7-20-13(16)12-8-11(21(14,17)18)9-15(12)10-4-3-5-10/h8-10H,2-7H2,1H3,(H2,14,17,18). The van der Waals surface area contributed by atoms with E-state index >= 15 is 0 Å².